The van der Waals surface area contributed by atoms with Gasteiger partial charge in [0.05, 0.1) is 18.6 Å². The predicted octanol–water partition coefficient (Wildman–Crippen LogP) is 2.77. The fourth-order valence-electron chi connectivity index (χ4n) is 5.20. The highest BCUT2D eigenvalue weighted by Gasteiger charge is 2.51. The first kappa shape index (κ1) is 21.0. The molecule has 3 aliphatic rings. The fraction of sp³-hybridized carbons (Fsp3) is 0.462. The van der Waals surface area contributed by atoms with Crippen molar-refractivity contribution in [2.24, 2.45) is 11.8 Å². The molecule has 2 aliphatic heterocycles. The van der Waals surface area contributed by atoms with Gasteiger partial charge >= 0.3 is 0 Å². The van der Waals surface area contributed by atoms with Crippen molar-refractivity contribution in [3.05, 3.63) is 65.2 Å². The quantitative estimate of drug-likeness (QED) is 0.735. The molecule has 6 nitrogen and oxygen atoms in total. The van der Waals surface area contributed by atoms with Gasteiger partial charge in [0.1, 0.15) is 5.75 Å². The van der Waals surface area contributed by atoms with Gasteiger partial charge in [-0.2, -0.15) is 0 Å². The third-order valence-corrected chi connectivity index (χ3v) is 7.21. The van der Waals surface area contributed by atoms with E-state index in [1.807, 2.05) is 36.4 Å². The number of benzene rings is 2. The number of aryl methyl sites for hydroxylation is 1. The summed E-state index contributed by atoms with van der Waals surface area (Å²) in [7, 11) is 1.61. The lowest BCUT2D eigenvalue weighted by molar-refractivity contribution is -0.126. The average Bonchev–Trinajstić information content (AvgIpc) is 3.59. The Hall–Kier alpha value is -2.86. The summed E-state index contributed by atoms with van der Waals surface area (Å²) in [5.74, 6) is 0.974. The monoisotopic (exact) mass is 433 g/mol. The molecule has 1 aliphatic carbocycles. The number of fused-ring (bicyclic) bond motifs is 1. The summed E-state index contributed by atoms with van der Waals surface area (Å²) in [4.78, 5) is 29.0. The number of ether oxygens (including phenoxy) is 1. The van der Waals surface area contributed by atoms with E-state index in [2.05, 4.69) is 27.7 Å². The number of likely N-dealkylation sites (tertiary alicyclic amines) is 1. The van der Waals surface area contributed by atoms with Gasteiger partial charge in [0.15, 0.2) is 0 Å². The number of carbonyl (C=O) groups excluding carboxylic acids is 2. The van der Waals surface area contributed by atoms with Crippen LogP contribution in [-0.2, 0) is 17.8 Å². The Morgan fingerprint density at radius 1 is 1.22 bits per heavy atom. The largest absolute Gasteiger partial charge is 0.497 e. The first-order valence-corrected chi connectivity index (χ1v) is 11.6. The van der Waals surface area contributed by atoms with Crippen LogP contribution in [0.25, 0.3) is 0 Å². The SMILES string of the molecule is COc1ccc2c(c1)C(=O)N[C@]1(CC2)CN(Cc2ccccc2)C[C@H]1C(=O)NCC1CC1. The molecule has 1 saturated heterocycles. The topological polar surface area (TPSA) is 70.7 Å². The molecule has 2 N–H and O–H groups in total. The van der Waals surface area contributed by atoms with E-state index in [1.165, 1.54) is 18.4 Å². The zero-order valence-corrected chi connectivity index (χ0v) is 18.6. The summed E-state index contributed by atoms with van der Waals surface area (Å²) >= 11 is 0. The summed E-state index contributed by atoms with van der Waals surface area (Å²) in [6.07, 6.45) is 3.89. The molecular weight excluding hydrogens is 402 g/mol. The summed E-state index contributed by atoms with van der Waals surface area (Å²) in [6, 6.07) is 16.0. The lowest BCUT2D eigenvalue weighted by Gasteiger charge is -2.34. The molecule has 0 unspecified atom stereocenters. The lowest BCUT2D eigenvalue weighted by atomic mass is 9.82. The van der Waals surface area contributed by atoms with Crippen LogP contribution in [0, 0.1) is 11.8 Å². The molecule has 1 saturated carbocycles. The van der Waals surface area contributed by atoms with E-state index in [4.69, 9.17) is 4.74 Å². The molecule has 0 aromatic heterocycles. The highest BCUT2D eigenvalue weighted by atomic mass is 16.5. The lowest BCUT2D eigenvalue weighted by Crippen LogP contribution is -2.57. The standard InChI is InChI=1S/C26H31N3O3/c1-32-21-10-9-20-11-12-26(28-24(30)22(20)13-21)17-29(15-19-5-3-2-4-6-19)16-23(26)25(31)27-14-18-7-8-18/h2-6,9-10,13,18,23H,7-8,11-12,14-17H2,1H3,(H,27,31)(H,28,30)/t23-,26+/m0/s1. The van der Waals surface area contributed by atoms with Crippen molar-refractivity contribution >= 4 is 11.8 Å². The van der Waals surface area contributed by atoms with Crippen LogP contribution >= 0.6 is 0 Å². The summed E-state index contributed by atoms with van der Waals surface area (Å²) in [6.45, 7) is 2.83. The van der Waals surface area contributed by atoms with Gasteiger partial charge in [0, 0.05) is 31.7 Å². The Bertz CT molecular complexity index is 1000. The fourth-order valence-corrected chi connectivity index (χ4v) is 5.20. The van der Waals surface area contributed by atoms with E-state index in [1.54, 1.807) is 7.11 Å². The van der Waals surface area contributed by atoms with Gasteiger partial charge < -0.3 is 15.4 Å². The first-order chi connectivity index (χ1) is 15.6. The Labute approximate surface area is 189 Å². The Morgan fingerprint density at radius 2 is 2.03 bits per heavy atom. The molecule has 2 amide bonds. The van der Waals surface area contributed by atoms with Crippen LogP contribution < -0.4 is 15.4 Å². The normalized spacial score (nSPS) is 25.2. The highest BCUT2D eigenvalue weighted by molar-refractivity contribution is 5.97. The van der Waals surface area contributed by atoms with Crippen molar-refractivity contribution in [1.29, 1.82) is 0 Å². The minimum absolute atomic E-state index is 0.0660. The number of carbonyl (C=O) groups is 2. The van der Waals surface area contributed by atoms with Crippen molar-refractivity contribution in [3.8, 4) is 5.75 Å². The van der Waals surface area contributed by atoms with Crippen LogP contribution in [0.3, 0.4) is 0 Å². The van der Waals surface area contributed by atoms with Crippen LogP contribution in [0.1, 0.15) is 40.7 Å². The maximum atomic E-state index is 13.3. The van der Waals surface area contributed by atoms with Crippen molar-refractivity contribution in [1.82, 2.24) is 15.5 Å². The van der Waals surface area contributed by atoms with Crippen LogP contribution in [0.2, 0.25) is 0 Å². The minimum Gasteiger partial charge on any atom is -0.497 e. The van der Waals surface area contributed by atoms with Gasteiger partial charge in [-0.1, -0.05) is 36.4 Å². The first-order valence-electron chi connectivity index (χ1n) is 11.6. The van der Waals surface area contributed by atoms with Gasteiger partial charge in [-0.3, -0.25) is 14.5 Å². The highest BCUT2D eigenvalue weighted by Crippen LogP contribution is 2.37. The number of nitrogens with zero attached hydrogens (tertiary/aromatic N) is 1. The van der Waals surface area contributed by atoms with E-state index in [0.29, 0.717) is 30.3 Å². The van der Waals surface area contributed by atoms with E-state index >= 15 is 0 Å². The molecule has 6 heteroatoms. The minimum atomic E-state index is -0.578. The maximum absolute atomic E-state index is 13.3. The average molecular weight is 434 g/mol. The number of methoxy groups -OCH3 is 1. The molecule has 0 bridgehead atoms. The molecule has 2 aromatic rings. The third-order valence-electron chi connectivity index (χ3n) is 7.21. The second kappa shape index (κ2) is 8.58. The molecule has 0 radical (unpaired) electrons. The van der Waals surface area contributed by atoms with E-state index < -0.39 is 5.54 Å². The molecule has 2 aromatic carbocycles. The smallest absolute Gasteiger partial charge is 0.252 e. The molecule has 2 fully saturated rings. The Balaban J connectivity index is 1.41. The molecule has 168 valence electrons. The van der Waals surface area contributed by atoms with Gasteiger partial charge in [-0.25, -0.2) is 0 Å². The van der Waals surface area contributed by atoms with Gasteiger partial charge in [0.2, 0.25) is 5.91 Å². The van der Waals surface area contributed by atoms with Crippen molar-refractivity contribution in [2.45, 2.75) is 37.8 Å². The maximum Gasteiger partial charge on any atom is 0.252 e. The van der Waals surface area contributed by atoms with Crippen molar-refractivity contribution in [2.75, 3.05) is 26.7 Å². The van der Waals surface area contributed by atoms with E-state index in [9.17, 15) is 9.59 Å². The predicted molar refractivity (Wildman–Crippen MR) is 122 cm³/mol. The second-order valence-electron chi connectivity index (χ2n) is 9.53. The van der Waals surface area contributed by atoms with Gasteiger partial charge in [-0.05, 0) is 54.9 Å². The van der Waals surface area contributed by atoms with Gasteiger partial charge in [-0.15, -0.1) is 0 Å². The number of hydrogen-bond acceptors (Lipinski definition) is 4. The molecule has 5 rings (SSSR count). The van der Waals surface area contributed by atoms with Crippen LogP contribution in [0.15, 0.2) is 48.5 Å². The number of rotatable bonds is 6. The number of hydrogen-bond donors (Lipinski definition) is 2. The van der Waals surface area contributed by atoms with Crippen LogP contribution in [0.4, 0.5) is 0 Å². The summed E-state index contributed by atoms with van der Waals surface area (Å²) in [5, 5.41) is 6.50. The van der Waals surface area contributed by atoms with Crippen molar-refractivity contribution < 1.29 is 14.3 Å². The van der Waals surface area contributed by atoms with Crippen molar-refractivity contribution in [3.63, 3.8) is 0 Å². The third kappa shape index (κ3) is 4.24. The zero-order valence-electron chi connectivity index (χ0n) is 18.6. The Morgan fingerprint density at radius 3 is 2.78 bits per heavy atom. The summed E-state index contributed by atoms with van der Waals surface area (Å²) in [5.41, 5.74) is 2.31. The zero-order chi connectivity index (χ0) is 22.1. The van der Waals surface area contributed by atoms with E-state index in [-0.39, 0.29) is 17.7 Å². The number of nitrogens with one attached hydrogen (secondary N) is 2. The Kier molecular flexibility index (Phi) is 5.64. The summed E-state index contributed by atoms with van der Waals surface area (Å²) < 4.78 is 5.34. The molecule has 2 heterocycles. The van der Waals surface area contributed by atoms with Crippen LogP contribution in [0.5, 0.6) is 5.75 Å². The molecule has 32 heavy (non-hydrogen) atoms. The second-order valence-corrected chi connectivity index (χ2v) is 9.53. The molecule has 1 spiro atoms. The molecular formula is C26H31N3O3. The van der Waals surface area contributed by atoms with Crippen LogP contribution in [-0.4, -0.2) is 49.0 Å². The van der Waals surface area contributed by atoms with Gasteiger partial charge in [0.25, 0.3) is 5.91 Å². The number of amides is 2. The molecule has 2 atom stereocenters. The van der Waals surface area contributed by atoms with E-state index in [0.717, 1.165) is 31.5 Å².